The van der Waals surface area contributed by atoms with Crippen molar-refractivity contribution in [1.82, 2.24) is 0 Å². The molecule has 3 heteroatoms. The second kappa shape index (κ2) is 6.27. The predicted octanol–water partition coefficient (Wildman–Crippen LogP) is 4.93. The first-order chi connectivity index (χ1) is 10.3. The van der Waals surface area contributed by atoms with Gasteiger partial charge in [0.2, 0.25) is 0 Å². The second-order valence-corrected chi connectivity index (χ2v) is 5.67. The number of benzene rings is 3. The number of alkyl halides is 1. The van der Waals surface area contributed by atoms with E-state index in [9.17, 15) is 4.79 Å². The van der Waals surface area contributed by atoms with Gasteiger partial charge in [-0.15, -0.1) is 0 Å². The largest absolute Gasteiger partial charge is 0.462 e. The van der Waals surface area contributed by atoms with E-state index in [0.29, 0.717) is 12.2 Å². The number of rotatable bonds is 4. The predicted molar refractivity (Wildman–Crippen MR) is 90.1 cm³/mol. The van der Waals surface area contributed by atoms with E-state index in [0.717, 1.165) is 33.3 Å². The lowest BCUT2D eigenvalue weighted by Crippen LogP contribution is -2.08. The van der Waals surface area contributed by atoms with Crippen LogP contribution in [0, 0.1) is 0 Å². The first-order valence-corrected chi connectivity index (χ1v) is 8.07. The number of halogens is 1. The van der Waals surface area contributed by atoms with Crippen LogP contribution in [0.1, 0.15) is 16.8 Å². The van der Waals surface area contributed by atoms with Gasteiger partial charge in [0, 0.05) is 5.33 Å². The fourth-order valence-electron chi connectivity index (χ4n) is 2.53. The minimum atomic E-state index is -0.246. The summed E-state index contributed by atoms with van der Waals surface area (Å²) in [7, 11) is 0. The van der Waals surface area contributed by atoms with E-state index in [1.54, 1.807) is 0 Å². The highest BCUT2D eigenvalue weighted by Gasteiger charge is 2.15. The molecule has 0 saturated carbocycles. The Morgan fingerprint density at radius 1 is 0.952 bits per heavy atom. The minimum absolute atomic E-state index is 0.246. The number of fused-ring (bicyclic) bond motifs is 2. The standard InChI is InChI=1S/C18H15BrO2/c19-10-5-11-21-18(20)17-15-8-3-1-6-13(15)12-14-7-2-4-9-16(14)17/h1-4,6-9,12H,5,10-11H2. The maximum absolute atomic E-state index is 12.5. The highest BCUT2D eigenvalue weighted by molar-refractivity contribution is 9.09. The SMILES string of the molecule is O=C(OCCCBr)c1c2ccccc2cc2ccccc12. The fraction of sp³-hybridized carbons (Fsp3) is 0.167. The molecule has 3 aromatic rings. The van der Waals surface area contributed by atoms with Crippen LogP contribution in [0.15, 0.2) is 54.6 Å². The van der Waals surface area contributed by atoms with Crippen LogP contribution in [0.3, 0.4) is 0 Å². The van der Waals surface area contributed by atoms with Crippen molar-refractivity contribution in [2.45, 2.75) is 6.42 Å². The van der Waals surface area contributed by atoms with E-state index >= 15 is 0 Å². The van der Waals surface area contributed by atoms with E-state index in [4.69, 9.17) is 4.74 Å². The number of hydrogen-bond donors (Lipinski definition) is 0. The van der Waals surface area contributed by atoms with Crippen molar-refractivity contribution in [2.75, 3.05) is 11.9 Å². The Bertz CT molecular complexity index is 741. The summed E-state index contributed by atoms with van der Waals surface area (Å²) in [5, 5.41) is 4.84. The summed E-state index contributed by atoms with van der Waals surface area (Å²) in [6.07, 6.45) is 0.814. The van der Waals surface area contributed by atoms with Gasteiger partial charge < -0.3 is 4.74 Å². The smallest absolute Gasteiger partial charge is 0.339 e. The number of carbonyl (C=O) groups is 1. The van der Waals surface area contributed by atoms with Gasteiger partial charge in [-0.2, -0.15) is 0 Å². The summed E-state index contributed by atoms with van der Waals surface area (Å²) in [6.45, 7) is 0.432. The van der Waals surface area contributed by atoms with Crippen LogP contribution < -0.4 is 0 Å². The van der Waals surface area contributed by atoms with Crippen LogP contribution >= 0.6 is 15.9 Å². The maximum Gasteiger partial charge on any atom is 0.339 e. The molecule has 3 rings (SSSR count). The summed E-state index contributed by atoms with van der Waals surface area (Å²) in [4.78, 5) is 12.5. The van der Waals surface area contributed by atoms with E-state index in [2.05, 4.69) is 22.0 Å². The molecule has 0 heterocycles. The lowest BCUT2D eigenvalue weighted by Gasteiger charge is -2.11. The van der Waals surface area contributed by atoms with E-state index in [1.807, 2.05) is 48.5 Å². The zero-order valence-corrected chi connectivity index (χ0v) is 13.1. The zero-order chi connectivity index (χ0) is 14.7. The average Bonchev–Trinajstić information content (AvgIpc) is 2.52. The molecule has 0 N–H and O–H groups in total. The van der Waals surface area contributed by atoms with Crippen molar-refractivity contribution < 1.29 is 9.53 Å². The van der Waals surface area contributed by atoms with E-state index in [1.165, 1.54) is 0 Å². The molecule has 0 saturated heterocycles. The lowest BCUT2D eigenvalue weighted by atomic mass is 9.97. The Balaban J connectivity index is 2.18. The molecular weight excluding hydrogens is 328 g/mol. The molecule has 0 amide bonds. The summed E-state index contributed by atoms with van der Waals surface area (Å²) in [6, 6.07) is 18.0. The van der Waals surface area contributed by atoms with Crippen molar-refractivity contribution in [1.29, 1.82) is 0 Å². The second-order valence-electron chi connectivity index (χ2n) is 4.87. The minimum Gasteiger partial charge on any atom is -0.462 e. The quantitative estimate of drug-likeness (QED) is 0.290. The third-order valence-electron chi connectivity index (χ3n) is 3.49. The molecule has 0 aliphatic carbocycles. The molecule has 106 valence electrons. The highest BCUT2D eigenvalue weighted by Crippen LogP contribution is 2.29. The van der Waals surface area contributed by atoms with Crippen LogP contribution in [-0.2, 0) is 4.74 Å². The van der Waals surface area contributed by atoms with Crippen molar-refractivity contribution in [3.8, 4) is 0 Å². The van der Waals surface area contributed by atoms with Crippen LogP contribution in [0.4, 0.5) is 0 Å². The van der Waals surface area contributed by atoms with E-state index in [-0.39, 0.29) is 5.97 Å². The monoisotopic (exact) mass is 342 g/mol. The molecular formula is C18H15BrO2. The molecule has 0 aromatic heterocycles. The van der Waals surface area contributed by atoms with Gasteiger partial charge in [-0.3, -0.25) is 0 Å². The normalized spacial score (nSPS) is 10.9. The van der Waals surface area contributed by atoms with Crippen molar-refractivity contribution in [2.24, 2.45) is 0 Å². The Labute approximate surface area is 131 Å². The molecule has 2 nitrogen and oxygen atoms in total. The maximum atomic E-state index is 12.5. The third-order valence-corrected chi connectivity index (χ3v) is 4.05. The van der Waals surface area contributed by atoms with Gasteiger partial charge in [-0.25, -0.2) is 4.79 Å². The van der Waals surface area contributed by atoms with Gasteiger partial charge in [-0.1, -0.05) is 64.5 Å². The number of carbonyl (C=O) groups excluding carboxylic acids is 1. The van der Waals surface area contributed by atoms with Gasteiger partial charge in [0.15, 0.2) is 0 Å². The van der Waals surface area contributed by atoms with Crippen molar-refractivity contribution in [3.63, 3.8) is 0 Å². The van der Waals surface area contributed by atoms with Crippen LogP contribution in [0.5, 0.6) is 0 Å². The van der Waals surface area contributed by atoms with Crippen LogP contribution in [-0.4, -0.2) is 17.9 Å². The van der Waals surface area contributed by atoms with Gasteiger partial charge in [-0.05, 0) is 34.0 Å². The summed E-state index contributed by atoms with van der Waals surface area (Å²) < 4.78 is 5.42. The molecule has 0 spiro atoms. The van der Waals surface area contributed by atoms with E-state index < -0.39 is 0 Å². The molecule has 0 aliphatic rings. The highest BCUT2D eigenvalue weighted by atomic mass is 79.9. The Morgan fingerprint density at radius 2 is 1.52 bits per heavy atom. The Morgan fingerprint density at radius 3 is 2.10 bits per heavy atom. The number of hydrogen-bond acceptors (Lipinski definition) is 2. The van der Waals surface area contributed by atoms with Crippen LogP contribution in [0.2, 0.25) is 0 Å². The topological polar surface area (TPSA) is 26.3 Å². The molecule has 0 unspecified atom stereocenters. The number of ether oxygens (including phenoxy) is 1. The molecule has 0 radical (unpaired) electrons. The first-order valence-electron chi connectivity index (χ1n) is 6.95. The first kappa shape index (κ1) is 14.1. The van der Waals surface area contributed by atoms with Crippen LogP contribution in [0.25, 0.3) is 21.5 Å². The van der Waals surface area contributed by atoms with Gasteiger partial charge in [0.25, 0.3) is 0 Å². The molecule has 0 atom stereocenters. The molecule has 0 aliphatic heterocycles. The average molecular weight is 343 g/mol. The van der Waals surface area contributed by atoms with Gasteiger partial charge >= 0.3 is 5.97 Å². The zero-order valence-electron chi connectivity index (χ0n) is 11.5. The fourth-order valence-corrected chi connectivity index (χ4v) is 2.75. The number of esters is 1. The van der Waals surface area contributed by atoms with Gasteiger partial charge in [0.1, 0.15) is 0 Å². The Hall–Kier alpha value is -1.87. The summed E-state index contributed by atoms with van der Waals surface area (Å²) in [5.74, 6) is -0.246. The molecule has 21 heavy (non-hydrogen) atoms. The summed E-state index contributed by atoms with van der Waals surface area (Å²) >= 11 is 3.34. The third kappa shape index (κ3) is 2.79. The molecule has 3 aromatic carbocycles. The van der Waals surface area contributed by atoms with Gasteiger partial charge in [0.05, 0.1) is 12.2 Å². The summed E-state index contributed by atoms with van der Waals surface area (Å²) in [5.41, 5.74) is 0.665. The Kier molecular flexibility index (Phi) is 4.20. The molecule has 0 fully saturated rings. The molecule has 0 bridgehead atoms. The lowest BCUT2D eigenvalue weighted by molar-refractivity contribution is 0.0511. The van der Waals surface area contributed by atoms with Crippen molar-refractivity contribution >= 4 is 43.4 Å². The van der Waals surface area contributed by atoms with Crippen molar-refractivity contribution in [3.05, 3.63) is 60.2 Å².